The first kappa shape index (κ1) is 13.1. The van der Waals surface area contributed by atoms with Crippen molar-refractivity contribution in [3.05, 3.63) is 23.8 Å². The molecule has 1 saturated heterocycles. The van der Waals surface area contributed by atoms with Gasteiger partial charge in [0.1, 0.15) is 5.67 Å². The molecule has 0 aliphatic carbocycles. The largest absolute Gasteiger partial charge is 0.490 e. The Morgan fingerprint density at radius 3 is 2.56 bits per heavy atom. The number of ether oxygens (including phenoxy) is 2. The molecule has 1 aromatic carbocycles. The number of halogens is 1. The molecule has 0 amide bonds. The van der Waals surface area contributed by atoms with Gasteiger partial charge in [0.05, 0.1) is 13.2 Å². The summed E-state index contributed by atoms with van der Waals surface area (Å²) in [6.45, 7) is 6.02. The van der Waals surface area contributed by atoms with E-state index in [4.69, 9.17) is 9.47 Å². The molecule has 1 fully saturated rings. The van der Waals surface area contributed by atoms with Gasteiger partial charge in [-0.1, -0.05) is 6.07 Å². The van der Waals surface area contributed by atoms with E-state index < -0.39 is 5.67 Å². The number of alkyl halides is 1. The van der Waals surface area contributed by atoms with Gasteiger partial charge in [-0.25, -0.2) is 4.39 Å². The molecule has 100 valence electrons. The molecule has 0 spiro atoms. The summed E-state index contributed by atoms with van der Waals surface area (Å²) in [6.07, 6.45) is 0.506. The Morgan fingerprint density at radius 1 is 1.22 bits per heavy atom. The predicted molar refractivity (Wildman–Crippen MR) is 69.1 cm³/mol. The van der Waals surface area contributed by atoms with Gasteiger partial charge >= 0.3 is 0 Å². The van der Waals surface area contributed by atoms with E-state index in [1.54, 1.807) is 18.2 Å². The summed E-state index contributed by atoms with van der Waals surface area (Å²) in [6, 6.07) is 5.35. The molecule has 4 heteroatoms. The van der Waals surface area contributed by atoms with Crippen LogP contribution in [0.1, 0.15) is 25.8 Å². The van der Waals surface area contributed by atoms with Crippen LogP contribution in [0.5, 0.6) is 11.5 Å². The Kier molecular flexibility index (Phi) is 4.07. The van der Waals surface area contributed by atoms with Gasteiger partial charge in [-0.2, -0.15) is 0 Å². The Labute approximate surface area is 107 Å². The molecule has 1 aromatic rings. The van der Waals surface area contributed by atoms with Crippen LogP contribution in [-0.4, -0.2) is 26.3 Å². The predicted octanol–water partition coefficient (Wildman–Crippen LogP) is 2.64. The molecule has 1 aliphatic heterocycles. The molecule has 1 unspecified atom stereocenters. The molecule has 0 saturated carbocycles. The molecule has 2 rings (SSSR count). The fourth-order valence-electron chi connectivity index (χ4n) is 2.24. The molecule has 1 atom stereocenters. The molecule has 18 heavy (non-hydrogen) atoms. The van der Waals surface area contributed by atoms with E-state index in [0.29, 0.717) is 49.8 Å². The maximum Gasteiger partial charge on any atom is 0.161 e. The zero-order valence-electron chi connectivity index (χ0n) is 11.0. The lowest BCUT2D eigenvalue weighted by Gasteiger charge is -2.20. The van der Waals surface area contributed by atoms with E-state index in [0.717, 1.165) is 0 Å². The van der Waals surface area contributed by atoms with Crippen LogP contribution in [0.25, 0.3) is 0 Å². The first-order valence-corrected chi connectivity index (χ1v) is 6.49. The highest BCUT2D eigenvalue weighted by Crippen LogP contribution is 2.37. The monoisotopic (exact) mass is 253 g/mol. The minimum atomic E-state index is -1.28. The summed E-state index contributed by atoms with van der Waals surface area (Å²) in [5, 5.41) is 3.06. The van der Waals surface area contributed by atoms with Crippen LogP contribution in [0.4, 0.5) is 4.39 Å². The normalized spacial score (nSPS) is 23.1. The van der Waals surface area contributed by atoms with E-state index >= 15 is 0 Å². The molecular formula is C14H20FNO2. The first-order valence-electron chi connectivity index (χ1n) is 6.49. The van der Waals surface area contributed by atoms with Gasteiger partial charge in [-0.05, 0) is 44.5 Å². The highest BCUT2D eigenvalue weighted by molar-refractivity contribution is 5.45. The fourth-order valence-corrected chi connectivity index (χ4v) is 2.24. The van der Waals surface area contributed by atoms with Crippen molar-refractivity contribution in [2.24, 2.45) is 0 Å². The van der Waals surface area contributed by atoms with Crippen molar-refractivity contribution in [3.63, 3.8) is 0 Å². The summed E-state index contributed by atoms with van der Waals surface area (Å²) in [5.41, 5.74) is -0.615. The van der Waals surface area contributed by atoms with E-state index in [2.05, 4.69) is 5.32 Å². The van der Waals surface area contributed by atoms with E-state index in [9.17, 15) is 4.39 Å². The maximum atomic E-state index is 14.6. The van der Waals surface area contributed by atoms with Crippen molar-refractivity contribution in [2.75, 3.05) is 26.3 Å². The number of benzene rings is 1. The standard InChI is InChI=1S/C14H20FNO2/c1-3-17-12-6-5-11(9-13(12)18-4-2)14(15)7-8-16-10-14/h5-6,9,16H,3-4,7-8,10H2,1-2H3. The van der Waals surface area contributed by atoms with Crippen LogP contribution in [0.2, 0.25) is 0 Å². The average molecular weight is 253 g/mol. The number of nitrogens with one attached hydrogen (secondary N) is 1. The number of rotatable bonds is 5. The van der Waals surface area contributed by atoms with Crippen molar-refractivity contribution in [1.29, 1.82) is 0 Å². The number of hydrogen-bond donors (Lipinski definition) is 1. The third kappa shape index (κ3) is 2.58. The third-order valence-electron chi connectivity index (χ3n) is 3.16. The van der Waals surface area contributed by atoms with E-state index in [1.807, 2.05) is 13.8 Å². The van der Waals surface area contributed by atoms with Gasteiger partial charge in [0.15, 0.2) is 11.5 Å². The lowest BCUT2D eigenvalue weighted by Crippen LogP contribution is -2.23. The van der Waals surface area contributed by atoms with Crippen LogP contribution in [0, 0.1) is 0 Å². The van der Waals surface area contributed by atoms with Gasteiger partial charge in [0.2, 0.25) is 0 Å². The quantitative estimate of drug-likeness (QED) is 0.875. The zero-order valence-corrected chi connectivity index (χ0v) is 11.0. The van der Waals surface area contributed by atoms with Crippen molar-refractivity contribution in [3.8, 4) is 11.5 Å². The third-order valence-corrected chi connectivity index (χ3v) is 3.16. The molecule has 0 bridgehead atoms. The smallest absolute Gasteiger partial charge is 0.161 e. The minimum absolute atomic E-state index is 0.368. The molecule has 0 radical (unpaired) electrons. The van der Waals surface area contributed by atoms with Crippen molar-refractivity contribution in [1.82, 2.24) is 5.32 Å². The van der Waals surface area contributed by atoms with Gasteiger partial charge in [-0.3, -0.25) is 0 Å². The Bertz CT molecular complexity index is 403. The van der Waals surface area contributed by atoms with E-state index in [-0.39, 0.29) is 0 Å². The highest BCUT2D eigenvalue weighted by Gasteiger charge is 2.36. The summed E-state index contributed by atoms with van der Waals surface area (Å²) in [7, 11) is 0. The second kappa shape index (κ2) is 5.57. The summed E-state index contributed by atoms with van der Waals surface area (Å²) < 4.78 is 25.6. The Hall–Kier alpha value is -1.29. The second-order valence-electron chi connectivity index (χ2n) is 4.42. The fraction of sp³-hybridized carbons (Fsp3) is 0.571. The van der Waals surface area contributed by atoms with Gasteiger partial charge in [0.25, 0.3) is 0 Å². The van der Waals surface area contributed by atoms with Crippen LogP contribution in [0.3, 0.4) is 0 Å². The van der Waals surface area contributed by atoms with Crippen LogP contribution < -0.4 is 14.8 Å². The van der Waals surface area contributed by atoms with E-state index in [1.165, 1.54) is 0 Å². The molecule has 3 nitrogen and oxygen atoms in total. The van der Waals surface area contributed by atoms with Crippen LogP contribution in [-0.2, 0) is 5.67 Å². The van der Waals surface area contributed by atoms with Gasteiger partial charge in [-0.15, -0.1) is 0 Å². The molecule has 1 heterocycles. The molecular weight excluding hydrogens is 233 g/mol. The zero-order chi connectivity index (χ0) is 13.0. The molecule has 1 aliphatic rings. The molecule has 1 N–H and O–H groups in total. The second-order valence-corrected chi connectivity index (χ2v) is 4.42. The SMILES string of the molecule is CCOc1ccc(C2(F)CCNC2)cc1OCC. The average Bonchev–Trinajstić information content (AvgIpc) is 2.80. The lowest BCUT2D eigenvalue weighted by atomic mass is 9.94. The van der Waals surface area contributed by atoms with Crippen LogP contribution >= 0.6 is 0 Å². The van der Waals surface area contributed by atoms with Crippen molar-refractivity contribution < 1.29 is 13.9 Å². The Morgan fingerprint density at radius 2 is 1.94 bits per heavy atom. The number of hydrogen-bond acceptors (Lipinski definition) is 3. The summed E-state index contributed by atoms with van der Waals surface area (Å²) in [5.74, 6) is 1.30. The van der Waals surface area contributed by atoms with Crippen LogP contribution in [0.15, 0.2) is 18.2 Å². The summed E-state index contributed by atoms with van der Waals surface area (Å²) in [4.78, 5) is 0. The Balaban J connectivity index is 2.29. The van der Waals surface area contributed by atoms with Gasteiger partial charge in [0, 0.05) is 6.54 Å². The van der Waals surface area contributed by atoms with Crippen molar-refractivity contribution in [2.45, 2.75) is 25.9 Å². The summed E-state index contributed by atoms with van der Waals surface area (Å²) >= 11 is 0. The highest BCUT2D eigenvalue weighted by atomic mass is 19.1. The van der Waals surface area contributed by atoms with Gasteiger partial charge < -0.3 is 14.8 Å². The topological polar surface area (TPSA) is 30.5 Å². The minimum Gasteiger partial charge on any atom is -0.490 e. The lowest BCUT2D eigenvalue weighted by molar-refractivity contribution is 0.192. The van der Waals surface area contributed by atoms with Crippen molar-refractivity contribution >= 4 is 0 Å². The maximum absolute atomic E-state index is 14.6. The first-order chi connectivity index (χ1) is 8.69. The molecule has 0 aromatic heterocycles.